The lowest BCUT2D eigenvalue weighted by Crippen LogP contribution is -2.29. The molecule has 1 fully saturated rings. The molecule has 4 rings (SSSR count). The first kappa shape index (κ1) is 25.3. The second-order valence-electron chi connectivity index (χ2n) is 7.95. The van der Waals surface area contributed by atoms with Crippen LogP contribution in [0, 0.1) is 6.92 Å². The number of ketones is 1. The Balaban J connectivity index is 1.88. The predicted octanol–water partition coefficient (Wildman–Crippen LogP) is 6.29. The molecular weight excluding hydrogens is 543 g/mol. The van der Waals surface area contributed by atoms with Gasteiger partial charge in [-0.3, -0.25) is 14.5 Å². The number of aryl methyl sites for hydroxylation is 1. The van der Waals surface area contributed by atoms with Gasteiger partial charge in [-0.1, -0.05) is 34.1 Å². The van der Waals surface area contributed by atoms with E-state index in [1.807, 2.05) is 6.92 Å². The Labute approximate surface area is 212 Å². The number of anilines is 1. The molecule has 0 aliphatic carbocycles. The lowest BCUT2D eigenvalue weighted by atomic mass is 9.94. The van der Waals surface area contributed by atoms with E-state index in [4.69, 9.17) is 4.74 Å². The molecule has 0 spiro atoms. The molecule has 186 valence electrons. The molecule has 0 radical (unpaired) electrons. The van der Waals surface area contributed by atoms with E-state index >= 15 is 0 Å². The zero-order valence-electron chi connectivity index (χ0n) is 19.0. The number of halogens is 4. The fourth-order valence-corrected chi connectivity index (χ4v) is 4.23. The van der Waals surface area contributed by atoms with Crippen molar-refractivity contribution in [2.24, 2.45) is 0 Å². The normalized spacial score (nSPS) is 17.4. The van der Waals surface area contributed by atoms with Gasteiger partial charge in [-0.05, 0) is 66.6 Å². The molecule has 0 aromatic heterocycles. The maximum atomic E-state index is 13.2. The molecule has 36 heavy (non-hydrogen) atoms. The van der Waals surface area contributed by atoms with Crippen molar-refractivity contribution in [3.8, 4) is 11.5 Å². The number of methoxy groups -OCH3 is 1. The van der Waals surface area contributed by atoms with Crippen LogP contribution in [-0.2, 0) is 9.59 Å². The summed E-state index contributed by atoms with van der Waals surface area (Å²) in [5, 5.41) is 11.2. The highest BCUT2D eigenvalue weighted by atomic mass is 79.9. The fraction of sp³-hybridized carbons (Fsp3) is 0.154. The molecule has 3 aromatic carbocycles. The lowest BCUT2D eigenvalue weighted by Gasteiger charge is -2.26. The van der Waals surface area contributed by atoms with Crippen LogP contribution >= 0.6 is 15.9 Å². The highest BCUT2D eigenvalue weighted by molar-refractivity contribution is 9.10. The average molecular weight is 562 g/mol. The van der Waals surface area contributed by atoms with Gasteiger partial charge in [0.15, 0.2) is 0 Å². The summed E-state index contributed by atoms with van der Waals surface area (Å²) in [6, 6.07) is 15.1. The number of amides is 1. The summed E-state index contributed by atoms with van der Waals surface area (Å²) < 4.78 is 47.7. The fourth-order valence-electron chi connectivity index (χ4n) is 3.98. The first-order chi connectivity index (χ1) is 17.0. The molecule has 0 bridgehead atoms. The minimum absolute atomic E-state index is 0.144. The van der Waals surface area contributed by atoms with E-state index < -0.39 is 29.8 Å². The van der Waals surface area contributed by atoms with Crippen molar-refractivity contribution >= 4 is 39.1 Å². The van der Waals surface area contributed by atoms with Crippen LogP contribution < -0.4 is 14.4 Å². The first-order valence-corrected chi connectivity index (χ1v) is 11.4. The summed E-state index contributed by atoms with van der Waals surface area (Å²) in [7, 11) is 1.46. The number of aliphatic hydroxyl groups excluding tert-OH is 1. The van der Waals surface area contributed by atoms with Crippen LogP contribution in [0.25, 0.3) is 5.76 Å². The van der Waals surface area contributed by atoms with Gasteiger partial charge in [0.2, 0.25) is 0 Å². The number of alkyl halides is 3. The maximum Gasteiger partial charge on any atom is 0.573 e. The number of Topliss-reactive ketones (excluding diaryl/α,β-unsaturated/α-hetero) is 1. The maximum absolute atomic E-state index is 13.2. The van der Waals surface area contributed by atoms with E-state index in [1.54, 1.807) is 42.5 Å². The van der Waals surface area contributed by atoms with Crippen LogP contribution in [0.2, 0.25) is 0 Å². The van der Waals surface area contributed by atoms with E-state index in [-0.39, 0.29) is 17.0 Å². The number of rotatable bonds is 5. The molecule has 0 saturated carbocycles. The molecule has 10 heteroatoms. The molecule has 1 atom stereocenters. The second kappa shape index (κ2) is 9.69. The highest BCUT2D eigenvalue weighted by Gasteiger charge is 2.47. The number of hydrogen-bond donors (Lipinski definition) is 1. The van der Waals surface area contributed by atoms with E-state index in [2.05, 4.69) is 20.7 Å². The Bertz CT molecular complexity index is 1370. The molecule has 1 aliphatic heterocycles. The molecule has 1 N–H and O–H groups in total. The average Bonchev–Trinajstić information content (AvgIpc) is 3.10. The second-order valence-corrected chi connectivity index (χ2v) is 8.81. The van der Waals surface area contributed by atoms with E-state index in [0.717, 1.165) is 27.1 Å². The molecule has 3 aromatic rings. The van der Waals surface area contributed by atoms with Gasteiger partial charge in [0, 0.05) is 15.7 Å². The van der Waals surface area contributed by atoms with Crippen LogP contribution in [0.3, 0.4) is 0 Å². The van der Waals surface area contributed by atoms with Gasteiger partial charge in [0.1, 0.15) is 17.3 Å². The van der Waals surface area contributed by atoms with Gasteiger partial charge in [-0.2, -0.15) is 0 Å². The number of carbonyl (C=O) groups excluding carboxylic acids is 2. The molecule has 1 heterocycles. The Hall–Kier alpha value is -3.79. The number of nitrogens with zero attached hydrogens (tertiary/aromatic N) is 1. The van der Waals surface area contributed by atoms with Crippen molar-refractivity contribution in [1.29, 1.82) is 0 Å². The third-order valence-corrected chi connectivity index (χ3v) is 6.52. The van der Waals surface area contributed by atoms with Gasteiger partial charge < -0.3 is 14.6 Å². The van der Waals surface area contributed by atoms with Crippen LogP contribution in [0.4, 0.5) is 18.9 Å². The van der Waals surface area contributed by atoms with Crippen LogP contribution in [0.15, 0.2) is 76.8 Å². The molecular formula is C26H19BrF3NO5. The quantitative estimate of drug-likeness (QED) is 0.225. The van der Waals surface area contributed by atoms with Crippen molar-refractivity contribution in [2.75, 3.05) is 12.0 Å². The number of carbonyl (C=O) groups is 2. The van der Waals surface area contributed by atoms with Gasteiger partial charge >= 0.3 is 6.36 Å². The smallest absolute Gasteiger partial charge is 0.507 e. The number of aliphatic hydroxyl groups is 1. The van der Waals surface area contributed by atoms with Crippen LogP contribution in [0.1, 0.15) is 22.7 Å². The molecule has 1 amide bonds. The molecule has 1 aliphatic rings. The minimum atomic E-state index is -4.88. The van der Waals surface area contributed by atoms with E-state index in [1.165, 1.54) is 19.2 Å². The third-order valence-electron chi connectivity index (χ3n) is 5.63. The summed E-state index contributed by atoms with van der Waals surface area (Å²) in [4.78, 5) is 27.6. The summed E-state index contributed by atoms with van der Waals surface area (Å²) >= 11 is 3.39. The Kier molecular flexibility index (Phi) is 6.81. The van der Waals surface area contributed by atoms with Crippen molar-refractivity contribution in [1.82, 2.24) is 0 Å². The number of hydrogen-bond acceptors (Lipinski definition) is 5. The Morgan fingerprint density at radius 1 is 1.00 bits per heavy atom. The molecule has 1 unspecified atom stereocenters. The van der Waals surface area contributed by atoms with Gasteiger partial charge in [-0.25, -0.2) is 0 Å². The van der Waals surface area contributed by atoms with E-state index in [9.17, 15) is 27.9 Å². The Morgan fingerprint density at radius 2 is 1.69 bits per heavy atom. The summed E-state index contributed by atoms with van der Waals surface area (Å²) in [5.74, 6) is -2.28. The first-order valence-electron chi connectivity index (χ1n) is 10.6. The van der Waals surface area contributed by atoms with Crippen molar-refractivity contribution < 1.29 is 37.3 Å². The van der Waals surface area contributed by atoms with Crippen LogP contribution in [0.5, 0.6) is 11.5 Å². The van der Waals surface area contributed by atoms with Crippen LogP contribution in [-0.4, -0.2) is 30.3 Å². The summed E-state index contributed by atoms with van der Waals surface area (Å²) in [6.07, 6.45) is -4.88. The van der Waals surface area contributed by atoms with Crippen molar-refractivity contribution in [3.05, 3.63) is 93.5 Å². The summed E-state index contributed by atoms with van der Waals surface area (Å²) in [6.45, 7) is 1.81. The SMILES string of the molecule is COc1cccc(C2/C(=C(/O)c3ccc(Br)c(C)c3)C(=O)C(=O)N2c2ccc(OC(F)(F)F)cc2)c1. The largest absolute Gasteiger partial charge is 0.573 e. The zero-order valence-corrected chi connectivity index (χ0v) is 20.6. The van der Waals surface area contributed by atoms with Crippen molar-refractivity contribution in [3.63, 3.8) is 0 Å². The van der Waals surface area contributed by atoms with Gasteiger partial charge in [-0.15, -0.1) is 13.2 Å². The van der Waals surface area contributed by atoms with Crippen molar-refractivity contribution in [2.45, 2.75) is 19.3 Å². The standard InChI is InChI=1S/C26H19BrF3NO5/c1-14-12-16(6-11-20(14)27)23(32)21-22(15-4-3-5-19(13-15)35-2)31(25(34)24(21)33)17-7-9-18(10-8-17)36-26(28,29)30/h3-13,22,32H,1-2H3/b23-21-. The number of benzene rings is 3. The van der Waals surface area contributed by atoms with Gasteiger partial charge in [0.05, 0.1) is 18.7 Å². The topological polar surface area (TPSA) is 76.1 Å². The predicted molar refractivity (Wildman–Crippen MR) is 130 cm³/mol. The summed E-state index contributed by atoms with van der Waals surface area (Å²) in [5.41, 5.74) is 1.57. The third kappa shape index (κ3) is 4.94. The van der Waals surface area contributed by atoms with Gasteiger partial charge in [0.25, 0.3) is 11.7 Å². The minimum Gasteiger partial charge on any atom is -0.507 e. The molecule has 6 nitrogen and oxygen atoms in total. The van der Waals surface area contributed by atoms with E-state index in [0.29, 0.717) is 16.9 Å². The number of ether oxygens (including phenoxy) is 2. The zero-order chi connectivity index (χ0) is 26.2. The molecule has 1 saturated heterocycles. The lowest BCUT2D eigenvalue weighted by molar-refractivity contribution is -0.274. The highest BCUT2D eigenvalue weighted by Crippen LogP contribution is 2.43. The Morgan fingerprint density at radius 3 is 2.31 bits per heavy atom. The monoisotopic (exact) mass is 561 g/mol.